The second kappa shape index (κ2) is 3.03. The van der Waals surface area contributed by atoms with E-state index in [0.717, 1.165) is 16.5 Å². The summed E-state index contributed by atoms with van der Waals surface area (Å²) in [6, 6.07) is 9.84. The largest absolute Gasteiger partial charge is 0.383 e. The number of nitrogen functional groups attached to an aromatic ring is 1. The fourth-order valence-electron chi connectivity index (χ4n) is 1.34. The molecule has 0 amide bonds. The molecule has 0 atom stereocenters. The summed E-state index contributed by atoms with van der Waals surface area (Å²) in [6.45, 7) is 0.434. The Balaban J connectivity index is 2.74. The van der Waals surface area contributed by atoms with Crippen molar-refractivity contribution in [2.45, 2.75) is 6.54 Å². The first kappa shape index (κ1) is 8.01. The number of rotatable bonds is 1. The van der Waals surface area contributed by atoms with Gasteiger partial charge >= 0.3 is 0 Å². The number of benzene rings is 1. The van der Waals surface area contributed by atoms with E-state index in [2.05, 4.69) is 4.98 Å². The molecule has 2 aromatic rings. The van der Waals surface area contributed by atoms with Crippen LogP contribution in [-0.4, -0.2) is 4.98 Å². The molecule has 0 bridgehead atoms. The molecule has 0 saturated carbocycles. The van der Waals surface area contributed by atoms with Gasteiger partial charge in [0.1, 0.15) is 5.82 Å². The Kier molecular flexibility index (Phi) is 1.87. The minimum atomic E-state index is 0.434. The summed E-state index contributed by atoms with van der Waals surface area (Å²) in [4.78, 5) is 4.24. The summed E-state index contributed by atoms with van der Waals surface area (Å²) in [5.41, 5.74) is 13.0. The maximum atomic E-state index is 5.71. The van der Waals surface area contributed by atoms with E-state index in [9.17, 15) is 0 Å². The summed E-state index contributed by atoms with van der Waals surface area (Å²) in [5, 5.41) is 1.08. The van der Waals surface area contributed by atoms with Crippen molar-refractivity contribution in [3.63, 3.8) is 0 Å². The summed E-state index contributed by atoms with van der Waals surface area (Å²) in [6.07, 6.45) is 0. The molecule has 0 unspecified atom stereocenters. The molecule has 0 aliphatic heterocycles. The first-order valence-electron chi connectivity index (χ1n) is 4.15. The monoisotopic (exact) mass is 173 g/mol. The lowest BCUT2D eigenvalue weighted by Gasteiger charge is -2.03. The lowest BCUT2D eigenvalue weighted by atomic mass is 10.1. The van der Waals surface area contributed by atoms with E-state index >= 15 is 0 Å². The highest BCUT2D eigenvalue weighted by atomic mass is 14.8. The molecule has 0 saturated heterocycles. The third kappa shape index (κ3) is 1.34. The molecule has 0 spiro atoms. The fraction of sp³-hybridized carbons (Fsp3) is 0.100. The molecule has 3 heteroatoms. The highest BCUT2D eigenvalue weighted by Gasteiger charge is 2.00. The lowest BCUT2D eigenvalue weighted by molar-refractivity contribution is 1.06. The van der Waals surface area contributed by atoms with Gasteiger partial charge in [0.15, 0.2) is 0 Å². The van der Waals surface area contributed by atoms with Crippen LogP contribution in [0.5, 0.6) is 0 Å². The molecule has 13 heavy (non-hydrogen) atoms. The molecule has 3 nitrogen and oxygen atoms in total. The minimum Gasteiger partial charge on any atom is -0.383 e. The van der Waals surface area contributed by atoms with E-state index in [-0.39, 0.29) is 0 Å². The van der Waals surface area contributed by atoms with Crippen molar-refractivity contribution in [1.82, 2.24) is 4.98 Å². The molecule has 2 rings (SSSR count). The number of nitrogens with two attached hydrogens (primary N) is 2. The SMILES string of the molecule is NCc1cc2ccccc2nc1N. The number of pyridine rings is 1. The molecular weight excluding hydrogens is 162 g/mol. The Morgan fingerprint density at radius 2 is 2.00 bits per heavy atom. The third-order valence-corrected chi connectivity index (χ3v) is 2.06. The van der Waals surface area contributed by atoms with Gasteiger partial charge in [-0.1, -0.05) is 18.2 Å². The Labute approximate surface area is 76.4 Å². The Hall–Kier alpha value is -1.61. The normalized spacial score (nSPS) is 10.5. The lowest BCUT2D eigenvalue weighted by Crippen LogP contribution is -2.03. The van der Waals surface area contributed by atoms with Gasteiger partial charge in [-0.15, -0.1) is 0 Å². The summed E-state index contributed by atoms with van der Waals surface area (Å²) < 4.78 is 0. The number of aromatic nitrogens is 1. The Morgan fingerprint density at radius 1 is 1.23 bits per heavy atom. The van der Waals surface area contributed by atoms with Gasteiger partial charge in [-0.2, -0.15) is 0 Å². The van der Waals surface area contributed by atoms with E-state index < -0.39 is 0 Å². The molecule has 0 fully saturated rings. The van der Waals surface area contributed by atoms with Crippen molar-refractivity contribution >= 4 is 16.7 Å². The zero-order valence-corrected chi connectivity index (χ0v) is 7.20. The summed E-state index contributed by atoms with van der Waals surface area (Å²) in [5.74, 6) is 0.529. The zero-order valence-electron chi connectivity index (χ0n) is 7.20. The molecule has 0 aliphatic rings. The Bertz CT molecular complexity index is 437. The van der Waals surface area contributed by atoms with Crippen molar-refractivity contribution in [2.75, 3.05) is 5.73 Å². The minimum absolute atomic E-state index is 0.434. The van der Waals surface area contributed by atoms with Gasteiger partial charge in [-0.05, 0) is 12.1 Å². The second-order valence-corrected chi connectivity index (χ2v) is 2.93. The first-order chi connectivity index (χ1) is 6.31. The maximum Gasteiger partial charge on any atom is 0.128 e. The highest BCUT2D eigenvalue weighted by molar-refractivity contribution is 5.81. The van der Waals surface area contributed by atoms with E-state index in [1.54, 1.807) is 0 Å². The zero-order chi connectivity index (χ0) is 9.26. The summed E-state index contributed by atoms with van der Waals surface area (Å²) in [7, 11) is 0. The van der Waals surface area contributed by atoms with Crippen molar-refractivity contribution in [3.05, 3.63) is 35.9 Å². The average Bonchev–Trinajstić information content (AvgIpc) is 2.17. The van der Waals surface area contributed by atoms with Gasteiger partial charge in [0.25, 0.3) is 0 Å². The fourth-order valence-corrected chi connectivity index (χ4v) is 1.34. The van der Waals surface area contributed by atoms with Gasteiger partial charge in [-0.3, -0.25) is 0 Å². The van der Waals surface area contributed by atoms with E-state index in [0.29, 0.717) is 12.4 Å². The average molecular weight is 173 g/mol. The van der Waals surface area contributed by atoms with Gasteiger partial charge in [0.05, 0.1) is 5.52 Å². The van der Waals surface area contributed by atoms with Crippen LogP contribution in [0, 0.1) is 0 Å². The molecule has 0 aliphatic carbocycles. The number of para-hydroxylation sites is 1. The third-order valence-electron chi connectivity index (χ3n) is 2.06. The summed E-state index contributed by atoms with van der Waals surface area (Å²) >= 11 is 0. The van der Waals surface area contributed by atoms with Crippen LogP contribution in [0.2, 0.25) is 0 Å². The number of hydrogen-bond acceptors (Lipinski definition) is 3. The number of anilines is 1. The Morgan fingerprint density at radius 3 is 2.77 bits per heavy atom. The number of hydrogen-bond donors (Lipinski definition) is 2. The molecule has 1 aromatic heterocycles. The van der Waals surface area contributed by atoms with Crippen LogP contribution < -0.4 is 11.5 Å². The van der Waals surface area contributed by atoms with Gasteiger partial charge in [0.2, 0.25) is 0 Å². The van der Waals surface area contributed by atoms with Gasteiger partial charge in [0, 0.05) is 17.5 Å². The van der Waals surface area contributed by atoms with E-state index in [1.807, 2.05) is 30.3 Å². The van der Waals surface area contributed by atoms with Crippen LogP contribution in [0.25, 0.3) is 10.9 Å². The first-order valence-corrected chi connectivity index (χ1v) is 4.15. The topological polar surface area (TPSA) is 64.9 Å². The molecule has 4 N–H and O–H groups in total. The molecule has 66 valence electrons. The predicted octanol–water partition coefficient (Wildman–Crippen LogP) is 1.28. The quantitative estimate of drug-likeness (QED) is 0.682. The van der Waals surface area contributed by atoms with Gasteiger partial charge in [-0.25, -0.2) is 4.98 Å². The second-order valence-electron chi connectivity index (χ2n) is 2.93. The van der Waals surface area contributed by atoms with Crippen molar-refractivity contribution < 1.29 is 0 Å². The maximum absolute atomic E-state index is 5.71. The van der Waals surface area contributed by atoms with Crippen LogP contribution >= 0.6 is 0 Å². The molecule has 1 heterocycles. The van der Waals surface area contributed by atoms with Crippen LogP contribution in [0.3, 0.4) is 0 Å². The highest BCUT2D eigenvalue weighted by Crippen LogP contribution is 2.17. The van der Waals surface area contributed by atoms with Crippen molar-refractivity contribution in [1.29, 1.82) is 0 Å². The van der Waals surface area contributed by atoms with Crippen LogP contribution in [0.15, 0.2) is 30.3 Å². The van der Waals surface area contributed by atoms with Crippen molar-refractivity contribution in [3.8, 4) is 0 Å². The smallest absolute Gasteiger partial charge is 0.128 e. The molecule has 0 radical (unpaired) electrons. The van der Waals surface area contributed by atoms with Crippen LogP contribution in [-0.2, 0) is 6.54 Å². The number of nitrogens with zero attached hydrogens (tertiary/aromatic N) is 1. The standard InChI is InChI=1S/C10H11N3/c11-6-8-5-7-3-1-2-4-9(7)13-10(8)12/h1-5H,6,11H2,(H2,12,13). The van der Waals surface area contributed by atoms with E-state index in [1.165, 1.54) is 0 Å². The van der Waals surface area contributed by atoms with Crippen molar-refractivity contribution in [2.24, 2.45) is 5.73 Å². The molecule has 1 aromatic carbocycles. The van der Waals surface area contributed by atoms with E-state index in [4.69, 9.17) is 11.5 Å². The number of fused-ring (bicyclic) bond motifs is 1. The predicted molar refractivity (Wildman–Crippen MR) is 54.0 cm³/mol. The van der Waals surface area contributed by atoms with Crippen LogP contribution in [0.1, 0.15) is 5.56 Å². The van der Waals surface area contributed by atoms with Crippen LogP contribution in [0.4, 0.5) is 5.82 Å². The molecular formula is C10H11N3. The van der Waals surface area contributed by atoms with Gasteiger partial charge < -0.3 is 11.5 Å².